The maximum Gasteiger partial charge on any atom is 2.00 e. The molecular weight excluding hydrogens is 193 g/mol. The van der Waals surface area contributed by atoms with Gasteiger partial charge in [-0.2, -0.15) is 0 Å². The molecule has 0 heterocycles. The number of phenols is 1. The molecule has 1 aromatic carbocycles. The molecule has 0 aliphatic carbocycles. The van der Waals surface area contributed by atoms with E-state index in [0.29, 0.717) is 12.3 Å². The summed E-state index contributed by atoms with van der Waals surface area (Å²) in [5.41, 5.74) is 0.866. The molecular formula is C9H11MnNO+2. The molecule has 2 nitrogen and oxygen atoms in total. The molecule has 0 aliphatic rings. The summed E-state index contributed by atoms with van der Waals surface area (Å²) in [6.45, 7) is 2.42. The summed E-state index contributed by atoms with van der Waals surface area (Å²) in [6.07, 6.45) is 1.73. The molecule has 0 atom stereocenters. The van der Waals surface area contributed by atoms with Gasteiger partial charge < -0.3 is 5.11 Å². The van der Waals surface area contributed by atoms with Crippen LogP contribution in [-0.4, -0.2) is 11.3 Å². The van der Waals surface area contributed by atoms with Crippen LogP contribution in [0.4, 0.5) is 0 Å². The largest absolute Gasteiger partial charge is 2.00 e. The Morgan fingerprint density at radius 2 is 2.08 bits per heavy atom. The Kier molecular flexibility index (Phi) is 5.43. The van der Waals surface area contributed by atoms with Crippen molar-refractivity contribution in [1.82, 2.24) is 0 Å². The fraction of sp³-hybridized carbons (Fsp3) is 0.222. The Morgan fingerprint density at radius 3 is 2.67 bits per heavy atom. The summed E-state index contributed by atoms with van der Waals surface area (Å²) in [6, 6.07) is 7.22. The van der Waals surface area contributed by atoms with E-state index in [1.807, 2.05) is 19.1 Å². The van der Waals surface area contributed by atoms with E-state index in [2.05, 4.69) is 4.99 Å². The molecule has 3 heteroatoms. The third-order valence-corrected chi connectivity index (χ3v) is 1.44. The number of para-hydroxylation sites is 1. The number of nitrogens with zero attached hydrogens (tertiary/aromatic N) is 1. The van der Waals surface area contributed by atoms with Gasteiger partial charge in [-0.15, -0.1) is 0 Å². The van der Waals surface area contributed by atoms with E-state index in [1.54, 1.807) is 18.3 Å². The molecule has 1 radical (unpaired) electrons. The van der Waals surface area contributed by atoms with Crippen LogP contribution in [0.25, 0.3) is 0 Å². The van der Waals surface area contributed by atoms with Gasteiger partial charge in [0.2, 0.25) is 0 Å². The van der Waals surface area contributed by atoms with Crippen LogP contribution in [0.5, 0.6) is 5.75 Å². The molecule has 63 valence electrons. The number of benzene rings is 1. The van der Waals surface area contributed by atoms with E-state index in [-0.39, 0.29) is 17.1 Å². The van der Waals surface area contributed by atoms with Gasteiger partial charge in [-0.05, 0) is 19.2 Å². The molecule has 12 heavy (non-hydrogen) atoms. The average Bonchev–Trinajstić information content (AvgIpc) is 2.03. The van der Waals surface area contributed by atoms with E-state index in [4.69, 9.17) is 0 Å². The molecule has 0 saturated heterocycles. The molecule has 0 spiro atoms. The summed E-state index contributed by atoms with van der Waals surface area (Å²) in [7, 11) is 0. The van der Waals surface area contributed by atoms with Crippen LogP contribution in [-0.2, 0) is 23.6 Å². The molecule has 0 unspecified atom stereocenters. The zero-order valence-electron chi connectivity index (χ0n) is 6.87. The molecule has 1 N–H and O–H groups in total. The third-order valence-electron chi connectivity index (χ3n) is 1.44. The monoisotopic (exact) mass is 204 g/mol. The standard InChI is InChI=1S/C9H11NO.Mn/c1-2-10-7-8-5-3-4-6-9(8)11;/h2-6,11H,7H2,1H3;/q;+2. The van der Waals surface area contributed by atoms with Gasteiger partial charge in [-0.1, -0.05) is 18.2 Å². The van der Waals surface area contributed by atoms with Crippen molar-refractivity contribution in [2.24, 2.45) is 4.99 Å². The molecule has 0 saturated carbocycles. The molecule has 0 amide bonds. The van der Waals surface area contributed by atoms with Gasteiger partial charge in [0.25, 0.3) is 0 Å². The van der Waals surface area contributed by atoms with Crippen LogP contribution in [0, 0.1) is 0 Å². The SMILES string of the molecule is CC=NCc1ccccc1O.[Mn+2]. The van der Waals surface area contributed by atoms with Gasteiger partial charge in [0.15, 0.2) is 0 Å². The second kappa shape index (κ2) is 5.81. The second-order valence-electron chi connectivity index (χ2n) is 2.23. The van der Waals surface area contributed by atoms with Crippen molar-refractivity contribution in [1.29, 1.82) is 0 Å². The Hall–Kier alpha value is -0.791. The molecule has 1 aromatic rings. The predicted octanol–water partition coefficient (Wildman–Crippen LogP) is 1.98. The summed E-state index contributed by atoms with van der Waals surface area (Å²) in [5.74, 6) is 0.318. The normalized spacial score (nSPS) is 9.75. The van der Waals surface area contributed by atoms with Crippen molar-refractivity contribution in [3.63, 3.8) is 0 Å². The maximum absolute atomic E-state index is 9.26. The quantitative estimate of drug-likeness (QED) is 0.579. The van der Waals surface area contributed by atoms with Crippen molar-refractivity contribution in [2.75, 3.05) is 0 Å². The van der Waals surface area contributed by atoms with E-state index in [9.17, 15) is 5.11 Å². The van der Waals surface area contributed by atoms with E-state index in [1.165, 1.54) is 0 Å². The zero-order valence-corrected chi connectivity index (χ0v) is 8.05. The second-order valence-corrected chi connectivity index (χ2v) is 2.23. The molecule has 0 fully saturated rings. The first-order valence-corrected chi connectivity index (χ1v) is 3.56. The zero-order chi connectivity index (χ0) is 8.10. The van der Waals surface area contributed by atoms with Crippen molar-refractivity contribution in [2.45, 2.75) is 13.5 Å². The van der Waals surface area contributed by atoms with Gasteiger partial charge in [0.05, 0.1) is 6.54 Å². The smallest absolute Gasteiger partial charge is 0.508 e. The number of hydrogen-bond donors (Lipinski definition) is 1. The summed E-state index contributed by atoms with van der Waals surface area (Å²) in [5, 5.41) is 9.26. The Morgan fingerprint density at radius 1 is 1.42 bits per heavy atom. The van der Waals surface area contributed by atoms with Gasteiger partial charge in [0, 0.05) is 5.56 Å². The fourth-order valence-electron chi connectivity index (χ4n) is 0.834. The number of aliphatic imine (C=N–C) groups is 1. The van der Waals surface area contributed by atoms with Crippen LogP contribution in [0.15, 0.2) is 29.3 Å². The van der Waals surface area contributed by atoms with Gasteiger partial charge in [0.1, 0.15) is 5.75 Å². The Balaban J connectivity index is 0.00000121. The van der Waals surface area contributed by atoms with Crippen molar-refractivity contribution in [3.05, 3.63) is 29.8 Å². The van der Waals surface area contributed by atoms with E-state index >= 15 is 0 Å². The van der Waals surface area contributed by atoms with Crippen molar-refractivity contribution >= 4 is 6.21 Å². The number of aromatic hydroxyl groups is 1. The van der Waals surface area contributed by atoms with Crippen LogP contribution < -0.4 is 0 Å². The molecule has 0 bridgehead atoms. The third kappa shape index (κ3) is 3.07. The van der Waals surface area contributed by atoms with Crippen molar-refractivity contribution in [3.8, 4) is 5.75 Å². The summed E-state index contributed by atoms with van der Waals surface area (Å²) >= 11 is 0. The number of hydrogen-bond acceptors (Lipinski definition) is 2. The van der Waals surface area contributed by atoms with E-state index in [0.717, 1.165) is 5.56 Å². The maximum atomic E-state index is 9.26. The summed E-state index contributed by atoms with van der Waals surface area (Å²) < 4.78 is 0. The van der Waals surface area contributed by atoms with Crippen LogP contribution in [0.3, 0.4) is 0 Å². The molecule has 1 rings (SSSR count). The first-order valence-electron chi connectivity index (χ1n) is 3.56. The topological polar surface area (TPSA) is 32.6 Å². The predicted molar refractivity (Wildman–Crippen MR) is 46.0 cm³/mol. The Bertz CT molecular complexity index is 260. The van der Waals surface area contributed by atoms with Crippen LogP contribution in [0.1, 0.15) is 12.5 Å². The fourth-order valence-corrected chi connectivity index (χ4v) is 0.834. The first kappa shape index (κ1) is 11.2. The molecule has 0 aliphatic heterocycles. The minimum Gasteiger partial charge on any atom is -0.508 e. The minimum absolute atomic E-state index is 0. The van der Waals surface area contributed by atoms with Crippen molar-refractivity contribution < 1.29 is 22.2 Å². The Labute approximate surface area is 82.8 Å². The number of rotatable bonds is 2. The summed E-state index contributed by atoms with van der Waals surface area (Å²) in [4.78, 5) is 4.02. The average molecular weight is 204 g/mol. The number of phenolic OH excluding ortho intramolecular Hbond substituents is 1. The van der Waals surface area contributed by atoms with Gasteiger partial charge >= 0.3 is 17.1 Å². The minimum atomic E-state index is 0. The van der Waals surface area contributed by atoms with E-state index < -0.39 is 0 Å². The van der Waals surface area contributed by atoms with Crippen LogP contribution in [0.2, 0.25) is 0 Å². The first-order chi connectivity index (χ1) is 5.34. The van der Waals surface area contributed by atoms with Gasteiger partial charge in [-0.3, -0.25) is 4.99 Å². The van der Waals surface area contributed by atoms with Gasteiger partial charge in [-0.25, -0.2) is 0 Å². The van der Waals surface area contributed by atoms with Crippen LogP contribution >= 0.6 is 0 Å². The molecule has 0 aromatic heterocycles.